The number of halogens is 1. The van der Waals surface area contributed by atoms with Crippen LogP contribution in [-0.2, 0) is 10.2 Å². The molecule has 0 aromatic carbocycles. The van der Waals surface area contributed by atoms with E-state index in [2.05, 4.69) is 22.6 Å². The van der Waals surface area contributed by atoms with Gasteiger partial charge in [0.1, 0.15) is 0 Å². The molecule has 9 heteroatoms. The summed E-state index contributed by atoms with van der Waals surface area (Å²) in [4.78, 5) is 13.8. The molecule has 0 radical (unpaired) electrons. The lowest BCUT2D eigenvalue weighted by Gasteiger charge is -2.32. The molecule has 0 atom stereocenters. The van der Waals surface area contributed by atoms with Gasteiger partial charge in [-0.15, -0.1) is 11.3 Å². The summed E-state index contributed by atoms with van der Waals surface area (Å²) in [5.41, 5.74) is 0.661. The minimum absolute atomic E-state index is 0.0526. The van der Waals surface area contributed by atoms with Crippen LogP contribution in [0.1, 0.15) is 10.4 Å². The summed E-state index contributed by atoms with van der Waals surface area (Å²) in [6, 6.07) is 1.83. The topological polar surface area (TPSA) is 83.7 Å². The molecule has 1 aliphatic heterocycles. The molecular formula is C9H12IN3O3S2. The Morgan fingerprint density at radius 1 is 1.33 bits per heavy atom. The van der Waals surface area contributed by atoms with E-state index in [0.29, 0.717) is 18.7 Å². The summed E-state index contributed by atoms with van der Waals surface area (Å²) in [5, 5.41) is 6.86. The van der Waals surface area contributed by atoms with Crippen molar-refractivity contribution < 1.29 is 13.2 Å². The van der Waals surface area contributed by atoms with Crippen LogP contribution < -0.4 is 5.14 Å². The number of carbonyl (C=O) groups is 1. The van der Waals surface area contributed by atoms with Crippen LogP contribution in [0.15, 0.2) is 11.4 Å². The number of amides is 1. The molecule has 1 amide bonds. The second-order valence-electron chi connectivity index (χ2n) is 3.88. The summed E-state index contributed by atoms with van der Waals surface area (Å²) in [5.74, 6) is -0.0526. The second-order valence-corrected chi connectivity index (χ2v) is 8.23. The monoisotopic (exact) mass is 401 g/mol. The van der Waals surface area contributed by atoms with Crippen LogP contribution in [0.5, 0.6) is 0 Å². The first-order valence-corrected chi connectivity index (χ1v) is 8.65. The number of rotatable bonds is 2. The Morgan fingerprint density at radius 3 is 2.39 bits per heavy atom. The van der Waals surface area contributed by atoms with Gasteiger partial charge in [0.05, 0.1) is 8.45 Å². The van der Waals surface area contributed by atoms with Gasteiger partial charge in [-0.05, 0) is 28.7 Å². The van der Waals surface area contributed by atoms with E-state index in [1.807, 2.05) is 11.4 Å². The van der Waals surface area contributed by atoms with Gasteiger partial charge >= 0.3 is 0 Å². The van der Waals surface area contributed by atoms with E-state index >= 15 is 0 Å². The molecule has 1 aromatic rings. The van der Waals surface area contributed by atoms with E-state index < -0.39 is 10.2 Å². The normalized spacial score (nSPS) is 18.0. The molecule has 0 saturated carbocycles. The largest absolute Gasteiger partial charge is 0.336 e. The molecule has 1 aliphatic rings. The van der Waals surface area contributed by atoms with Crippen LogP contribution in [0.2, 0.25) is 0 Å². The highest BCUT2D eigenvalue weighted by Crippen LogP contribution is 2.19. The van der Waals surface area contributed by atoms with Gasteiger partial charge in [-0.25, -0.2) is 5.14 Å². The summed E-state index contributed by atoms with van der Waals surface area (Å²) >= 11 is 3.68. The molecule has 0 unspecified atom stereocenters. The third kappa shape index (κ3) is 3.20. The fourth-order valence-electron chi connectivity index (χ4n) is 1.75. The van der Waals surface area contributed by atoms with Crippen molar-refractivity contribution in [3.63, 3.8) is 0 Å². The van der Waals surface area contributed by atoms with Crippen molar-refractivity contribution in [3.8, 4) is 0 Å². The fourth-order valence-corrected chi connectivity index (χ4v) is 3.74. The van der Waals surface area contributed by atoms with E-state index in [1.54, 1.807) is 4.90 Å². The minimum Gasteiger partial charge on any atom is -0.336 e. The Bertz CT molecular complexity index is 549. The van der Waals surface area contributed by atoms with Crippen molar-refractivity contribution in [3.05, 3.63) is 19.9 Å². The summed E-state index contributed by atoms with van der Waals surface area (Å²) in [7, 11) is -3.64. The van der Waals surface area contributed by atoms with Crippen molar-refractivity contribution in [2.75, 3.05) is 26.2 Å². The summed E-state index contributed by atoms with van der Waals surface area (Å²) in [6.45, 7) is 1.26. The number of hydrogen-bond acceptors (Lipinski definition) is 4. The van der Waals surface area contributed by atoms with Gasteiger partial charge in [0.15, 0.2) is 0 Å². The lowest BCUT2D eigenvalue weighted by molar-refractivity contribution is 0.0698. The maximum Gasteiger partial charge on any atom is 0.277 e. The molecule has 18 heavy (non-hydrogen) atoms. The average Bonchev–Trinajstić information content (AvgIpc) is 2.74. The third-order valence-electron chi connectivity index (χ3n) is 2.70. The number of piperazine rings is 1. The van der Waals surface area contributed by atoms with Crippen LogP contribution in [0.4, 0.5) is 0 Å². The van der Waals surface area contributed by atoms with E-state index in [9.17, 15) is 13.2 Å². The van der Waals surface area contributed by atoms with Gasteiger partial charge in [-0.3, -0.25) is 4.79 Å². The first-order valence-electron chi connectivity index (χ1n) is 5.19. The van der Waals surface area contributed by atoms with Crippen LogP contribution in [0.3, 0.4) is 0 Å². The van der Waals surface area contributed by atoms with Crippen LogP contribution in [0, 0.1) is 2.88 Å². The Balaban J connectivity index is 2.00. The lowest BCUT2D eigenvalue weighted by atomic mass is 10.2. The smallest absolute Gasteiger partial charge is 0.277 e. The molecule has 2 heterocycles. The molecule has 2 rings (SSSR count). The quantitative estimate of drug-likeness (QED) is 0.725. The van der Waals surface area contributed by atoms with Gasteiger partial charge in [-0.1, -0.05) is 0 Å². The molecule has 0 bridgehead atoms. The maximum absolute atomic E-state index is 12.1. The Morgan fingerprint density at radius 2 is 1.94 bits per heavy atom. The molecule has 0 aliphatic carbocycles. The molecule has 1 aromatic heterocycles. The van der Waals surface area contributed by atoms with Crippen LogP contribution >= 0.6 is 33.9 Å². The van der Waals surface area contributed by atoms with E-state index in [4.69, 9.17) is 5.14 Å². The highest BCUT2D eigenvalue weighted by Gasteiger charge is 2.27. The zero-order chi connectivity index (χ0) is 13.3. The van der Waals surface area contributed by atoms with Crippen molar-refractivity contribution in [1.82, 2.24) is 9.21 Å². The standard InChI is InChI=1S/C9H12IN3O3S2/c10-8-5-7(6-17-8)9(14)12-1-3-13(4-2-12)18(11,15)16/h5-6H,1-4H2,(H2,11,15,16). The maximum atomic E-state index is 12.1. The predicted molar refractivity (Wildman–Crippen MR) is 77.6 cm³/mol. The van der Waals surface area contributed by atoms with Gasteiger partial charge in [0.2, 0.25) is 0 Å². The molecular weight excluding hydrogens is 389 g/mol. The molecule has 2 N–H and O–H groups in total. The second kappa shape index (κ2) is 5.41. The first kappa shape index (κ1) is 14.2. The Labute approximate surface area is 123 Å². The lowest BCUT2D eigenvalue weighted by Crippen LogP contribution is -2.52. The number of nitrogens with two attached hydrogens (primary N) is 1. The third-order valence-corrected chi connectivity index (χ3v) is 5.57. The zero-order valence-electron chi connectivity index (χ0n) is 9.37. The van der Waals surface area contributed by atoms with Crippen LogP contribution in [-0.4, -0.2) is 49.7 Å². The highest BCUT2D eigenvalue weighted by molar-refractivity contribution is 14.1. The summed E-state index contributed by atoms with van der Waals surface area (Å²) < 4.78 is 24.5. The SMILES string of the molecule is NS(=O)(=O)N1CCN(C(=O)c2csc(I)c2)CC1. The molecule has 100 valence electrons. The number of carbonyl (C=O) groups excluding carboxylic acids is 1. The number of hydrogen-bond donors (Lipinski definition) is 1. The summed E-state index contributed by atoms with van der Waals surface area (Å²) in [6.07, 6.45) is 0. The van der Waals surface area contributed by atoms with Gasteiger partial charge in [0.25, 0.3) is 16.1 Å². The van der Waals surface area contributed by atoms with Gasteiger partial charge < -0.3 is 4.90 Å². The van der Waals surface area contributed by atoms with E-state index in [0.717, 1.165) is 2.88 Å². The van der Waals surface area contributed by atoms with E-state index in [-0.39, 0.29) is 19.0 Å². The molecule has 1 fully saturated rings. The minimum atomic E-state index is -3.64. The van der Waals surface area contributed by atoms with Gasteiger partial charge in [-0.2, -0.15) is 12.7 Å². The number of thiophene rings is 1. The number of nitrogens with zero attached hydrogens (tertiary/aromatic N) is 2. The average molecular weight is 401 g/mol. The molecule has 1 saturated heterocycles. The molecule has 6 nitrogen and oxygen atoms in total. The van der Waals surface area contributed by atoms with Crippen molar-refractivity contribution in [2.45, 2.75) is 0 Å². The fraction of sp³-hybridized carbons (Fsp3) is 0.444. The van der Waals surface area contributed by atoms with Gasteiger partial charge in [0, 0.05) is 31.6 Å². The van der Waals surface area contributed by atoms with Crippen LogP contribution in [0.25, 0.3) is 0 Å². The Hall–Kier alpha value is -0.230. The van der Waals surface area contributed by atoms with E-state index in [1.165, 1.54) is 15.6 Å². The predicted octanol–water partition coefficient (Wildman–Crippen LogP) is 0.314. The van der Waals surface area contributed by atoms with Crippen molar-refractivity contribution in [2.24, 2.45) is 5.14 Å². The highest BCUT2D eigenvalue weighted by atomic mass is 127. The van der Waals surface area contributed by atoms with Crippen molar-refractivity contribution in [1.29, 1.82) is 0 Å². The molecule has 0 spiro atoms. The Kier molecular flexibility index (Phi) is 4.26. The zero-order valence-corrected chi connectivity index (χ0v) is 13.2. The first-order chi connectivity index (χ1) is 8.38. The van der Waals surface area contributed by atoms with Crippen molar-refractivity contribution >= 4 is 50.0 Å².